The molecule has 164 valence electrons. The van der Waals surface area contributed by atoms with E-state index >= 15 is 0 Å². The first-order valence-electron chi connectivity index (χ1n) is 10.1. The molecule has 4 rings (SSSR count). The number of rotatable bonds is 5. The minimum atomic E-state index is -0.354. The smallest absolute Gasteiger partial charge is 0.272 e. The molecule has 0 saturated heterocycles. The molecule has 5 nitrogen and oxygen atoms in total. The number of nitrogens with one attached hydrogen (secondary N) is 2. The van der Waals surface area contributed by atoms with Crippen molar-refractivity contribution in [2.24, 2.45) is 5.10 Å². The highest BCUT2D eigenvalue weighted by Crippen LogP contribution is 2.23. The molecule has 0 spiro atoms. The summed E-state index contributed by atoms with van der Waals surface area (Å²) in [7, 11) is 0. The molecule has 0 aromatic heterocycles. The Hall–Kier alpha value is -3.67. The molecular formula is C26H19Cl2N3O2. The fourth-order valence-electron chi connectivity index (χ4n) is 3.38. The van der Waals surface area contributed by atoms with Gasteiger partial charge in [0, 0.05) is 16.3 Å². The van der Waals surface area contributed by atoms with Gasteiger partial charge in [0.2, 0.25) is 0 Å². The lowest BCUT2D eigenvalue weighted by Gasteiger charge is -2.09. The number of carbonyl (C=O) groups is 2. The summed E-state index contributed by atoms with van der Waals surface area (Å²) in [6, 6.07) is 25.1. The molecule has 0 radical (unpaired) electrons. The number of halogens is 2. The van der Waals surface area contributed by atoms with Crippen molar-refractivity contribution in [3.63, 3.8) is 0 Å². The van der Waals surface area contributed by atoms with Crippen LogP contribution in [0.2, 0.25) is 10.0 Å². The highest BCUT2D eigenvalue weighted by atomic mass is 35.5. The molecule has 0 heterocycles. The monoisotopic (exact) mass is 475 g/mol. The van der Waals surface area contributed by atoms with E-state index in [9.17, 15) is 9.59 Å². The molecule has 0 aliphatic rings. The largest absolute Gasteiger partial charge is 0.322 e. The Kier molecular flexibility index (Phi) is 6.73. The third kappa shape index (κ3) is 5.22. The number of hydrazone groups is 1. The summed E-state index contributed by atoms with van der Waals surface area (Å²) in [5, 5.41) is 9.63. The number of nitrogens with zero attached hydrogens (tertiary/aromatic N) is 1. The highest BCUT2D eigenvalue weighted by Gasteiger charge is 2.12. The van der Waals surface area contributed by atoms with Crippen molar-refractivity contribution in [2.75, 3.05) is 5.32 Å². The van der Waals surface area contributed by atoms with E-state index in [2.05, 4.69) is 15.8 Å². The molecule has 0 unspecified atom stereocenters. The molecule has 0 bridgehead atoms. The maximum Gasteiger partial charge on any atom is 0.272 e. The lowest BCUT2D eigenvalue weighted by Crippen LogP contribution is -2.19. The number of carbonyl (C=O) groups excluding carboxylic acids is 2. The first kappa shape index (κ1) is 22.5. The zero-order valence-corrected chi connectivity index (χ0v) is 19.1. The molecule has 0 saturated carbocycles. The van der Waals surface area contributed by atoms with E-state index in [4.69, 9.17) is 23.2 Å². The maximum absolute atomic E-state index is 12.7. The van der Waals surface area contributed by atoms with Crippen LogP contribution in [0.1, 0.15) is 33.2 Å². The third-order valence-electron chi connectivity index (χ3n) is 5.07. The fourth-order valence-corrected chi connectivity index (χ4v) is 3.87. The van der Waals surface area contributed by atoms with Crippen LogP contribution < -0.4 is 10.7 Å². The zero-order valence-electron chi connectivity index (χ0n) is 17.6. The SMILES string of the molecule is CC(=NNC(=O)c1cccc2ccccc12)c1cccc(NC(=O)c2ccc(Cl)cc2Cl)c1. The summed E-state index contributed by atoms with van der Waals surface area (Å²) < 4.78 is 0. The predicted octanol–water partition coefficient (Wildman–Crippen LogP) is 6.55. The van der Waals surface area contributed by atoms with E-state index in [1.54, 1.807) is 43.3 Å². The lowest BCUT2D eigenvalue weighted by molar-refractivity contribution is 0.0955. The van der Waals surface area contributed by atoms with E-state index < -0.39 is 0 Å². The molecule has 0 aliphatic carbocycles. The molecule has 2 N–H and O–H groups in total. The van der Waals surface area contributed by atoms with Gasteiger partial charge in [-0.15, -0.1) is 0 Å². The molecule has 4 aromatic rings. The summed E-state index contributed by atoms with van der Waals surface area (Å²) in [4.78, 5) is 25.3. The van der Waals surface area contributed by atoms with E-state index in [0.29, 0.717) is 27.5 Å². The molecule has 2 amide bonds. The van der Waals surface area contributed by atoms with Crippen LogP contribution in [0, 0.1) is 0 Å². The molecule has 4 aromatic carbocycles. The van der Waals surface area contributed by atoms with Gasteiger partial charge in [0.05, 0.1) is 16.3 Å². The van der Waals surface area contributed by atoms with Crippen LogP contribution >= 0.6 is 23.2 Å². The van der Waals surface area contributed by atoms with Crippen molar-refractivity contribution in [3.8, 4) is 0 Å². The van der Waals surface area contributed by atoms with Gasteiger partial charge in [0.15, 0.2) is 0 Å². The Morgan fingerprint density at radius 1 is 0.788 bits per heavy atom. The van der Waals surface area contributed by atoms with Gasteiger partial charge in [-0.3, -0.25) is 9.59 Å². The van der Waals surface area contributed by atoms with Gasteiger partial charge >= 0.3 is 0 Å². The Bertz CT molecular complexity index is 1390. The van der Waals surface area contributed by atoms with Gasteiger partial charge in [0.25, 0.3) is 11.8 Å². The van der Waals surface area contributed by atoms with Crippen LogP contribution in [0.4, 0.5) is 5.69 Å². The molecule has 0 fully saturated rings. The van der Waals surface area contributed by atoms with Crippen LogP contribution in [0.5, 0.6) is 0 Å². The first-order valence-corrected chi connectivity index (χ1v) is 10.9. The lowest BCUT2D eigenvalue weighted by atomic mass is 10.0. The van der Waals surface area contributed by atoms with Gasteiger partial charge in [-0.05, 0) is 59.7 Å². The van der Waals surface area contributed by atoms with Crippen LogP contribution in [-0.2, 0) is 0 Å². The Balaban J connectivity index is 1.49. The third-order valence-corrected chi connectivity index (χ3v) is 5.62. The van der Waals surface area contributed by atoms with Crippen molar-refractivity contribution in [1.29, 1.82) is 0 Å². The number of hydrogen-bond donors (Lipinski definition) is 2. The van der Waals surface area contributed by atoms with E-state index in [1.807, 2.05) is 42.5 Å². The van der Waals surface area contributed by atoms with Crippen molar-refractivity contribution in [1.82, 2.24) is 5.43 Å². The number of amides is 2. The van der Waals surface area contributed by atoms with Crippen molar-refractivity contribution in [3.05, 3.63) is 112 Å². The van der Waals surface area contributed by atoms with E-state index in [0.717, 1.165) is 16.3 Å². The molecule has 0 atom stereocenters. The number of benzene rings is 4. The highest BCUT2D eigenvalue weighted by molar-refractivity contribution is 6.37. The van der Waals surface area contributed by atoms with Crippen LogP contribution in [0.3, 0.4) is 0 Å². The van der Waals surface area contributed by atoms with Gasteiger partial charge in [-0.2, -0.15) is 5.10 Å². The molecular weight excluding hydrogens is 457 g/mol. The molecule has 33 heavy (non-hydrogen) atoms. The van der Waals surface area contributed by atoms with Gasteiger partial charge in [-0.1, -0.05) is 71.7 Å². The number of fused-ring (bicyclic) bond motifs is 1. The second kappa shape index (κ2) is 9.86. The Labute approximate surface area is 201 Å². The minimum Gasteiger partial charge on any atom is -0.322 e. The number of anilines is 1. The second-order valence-electron chi connectivity index (χ2n) is 7.32. The topological polar surface area (TPSA) is 70.6 Å². The quantitative estimate of drug-likeness (QED) is 0.253. The van der Waals surface area contributed by atoms with Gasteiger partial charge < -0.3 is 5.32 Å². The van der Waals surface area contributed by atoms with E-state index in [-0.39, 0.29) is 16.8 Å². The minimum absolute atomic E-state index is 0.269. The van der Waals surface area contributed by atoms with Crippen molar-refractivity contribution in [2.45, 2.75) is 6.92 Å². The zero-order chi connectivity index (χ0) is 23.4. The summed E-state index contributed by atoms with van der Waals surface area (Å²) in [5.74, 6) is -0.652. The van der Waals surface area contributed by atoms with Crippen molar-refractivity contribution >= 4 is 57.2 Å². The van der Waals surface area contributed by atoms with E-state index in [1.165, 1.54) is 6.07 Å². The molecule has 0 aliphatic heterocycles. The normalized spacial score (nSPS) is 11.3. The fraction of sp³-hybridized carbons (Fsp3) is 0.0385. The summed E-state index contributed by atoms with van der Waals surface area (Å²) in [6.45, 7) is 1.78. The van der Waals surface area contributed by atoms with Gasteiger partial charge in [0.1, 0.15) is 0 Å². The van der Waals surface area contributed by atoms with Crippen molar-refractivity contribution < 1.29 is 9.59 Å². The standard InChI is InChI=1S/C26H19Cl2N3O2/c1-16(30-31-26(33)22-11-5-7-17-6-2-3-10-21(17)22)18-8-4-9-20(14-18)29-25(32)23-13-12-19(27)15-24(23)28/h2-15H,1H3,(H,29,32)(H,31,33). The van der Waals surface area contributed by atoms with Crippen LogP contribution in [-0.4, -0.2) is 17.5 Å². The van der Waals surface area contributed by atoms with Gasteiger partial charge in [-0.25, -0.2) is 5.43 Å². The average Bonchev–Trinajstić information content (AvgIpc) is 2.82. The summed E-state index contributed by atoms with van der Waals surface area (Å²) in [5.41, 5.74) is 5.38. The predicted molar refractivity (Wildman–Crippen MR) is 134 cm³/mol. The maximum atomic E-state index is 12.7. The Morgan fingerprint density at radius 3 is 2.36 bits per heavy atom. The second-order valence-corrected chi connectivity index (χ2v) is 8.17. The average molecular weight is 476 g/mol. The first-order chi connectivity index (χ1) is 15.9. The van der Waals surface area contributed by atoms with Crippen LogP contribution in [0.25, 0.3) is 10.8 Å². The Morgan fingerprint density at radius 2 is 1.55 bits per heavy atom. The molecule has 7 heteroatoms. The number of hydrogen-bond acceptors (Lipinski definition) is 3. The van der Waals surface area contributed by atoms with Crippen LogP contribution in [0.15, 0.2) is 90.0 Å². The summed E-state index contributed by atoms with van der Waals surface area (Å²) in [6.07, 6.45) is 0. The summed E-state index contributed by atoms with van der Waals surface area (Å²) >= 11 is 12.0.